The summed E-state index contributed by atoms with van der Waals surface area (Å²) in [6.45, 7) is 6.10. The Hall–Kier alpha value is -4.07. The first-order valence-electron chi connectivity index (χ1n) is 14.0. The van der Waals surface area contributed by atoms with Gasteiger partial charge in [-0.05, 0) is 93.6 Å². The predicted octanol–water partition coefficient (Wildman–Crippen LogP) is 5.62. The third-order valence-corrected chi connectivity index (χ3v) is 7.77. The topological polar surface area (TPSA) is 140 Å². The summed E-state index contributed by atoms with van der Waals surface area (Å²) in [5.74, 6) is 0.835. The summed E-state index contributed by atoms with van der Waals surface area (Å²) in [4.78, 5) is 24.6. The number of benzene rings is 3. The standard InChI is InChI=1S/C32H34Br2N4O7/c1-5-43-26-14-22(29-28(31(40)42-4)19(3)36-32(41)37-29)9-10-25(26)44-17-27(39)38-35-15-21-12-23(33)30(24(34)13-21)45-16-20-8-6-7-18(2)11-20/h6-15,27,29,38-39H,5,16-17H2,1-4H3,(H2,36,37,41)/b35-15-/t27-,29+/m0/s1. The molecular formula is C32H34Br2N4O7. The summed E-state index contributed by atoms with van der Waals surface area (Å²) in [7, 11) is 1.28. The zero-order chi connectivity index (χ0) is 32.5. The van der Waals surface area contributed by atoms with Crippen molar-refractivity contribution in [1.29, 1.82) is 0 Å². The van der Waals surface area contributed by atoms with Crippen molar-refractivity contribution in [3.8, 4) is 17.2 Å². The molecule has 1 heterocycles. The molecule has 0 bridgehead atoms. The number of rotatable bonds is 13. The fraction of sp³-hybridized carbons (Fsp3) is 0.281. The van der Waals surface area contributed by atoms with Crippen LogP contribution in [0.2, 0.25) is 0 Å². The van der Waals surface area contributed by atoms with E-state index in [0.717, 1.165) is 20.1 Å². The van der Waals surface area contributed by atoms with Gasteiger partial charge in [-0.25, -0.2) is 9.59 Å². The third-order valence-electron chi connectivity index (χ3n) is 6.60. The predicted molar refractivity (Wildman–Crippen MR) is 176 cm³/mol. The largest absolute Gasteiger partial charge is 0.490 e. The smallest absolute Gasteiger partial charge is 0.337 e. The molecule has 1 aliphatic rings. The Kier molecular flexibility index (Phi) is 11.9. The molecule has 3 aromatic rings. The Morgan fingerprint density at radius 3 is 2.51 bits per heavy atom. The van der Waals surface area contributed by atoms with Gasteiger partial charge in [0, 0.05) is 5.70 Å². The Balaban J connectivity index is 1.37. The van der Waals surface area contributed by atoms with E-state index in [2.05, 4.69) is 59.1 Å². The highest BCUT2D eigenvalue weighted by Gasteiger charge is 2.32. The number of allylic oxidation sites excluding steroid dienone is 1. The number of urea groups is 1. The minimum absolute atomic E-state index is 0.146. The van der Waals surface area contributed by atoms with Gasteiger partial charge in [0.2, 0.25) is 0 Å². The molecule has 4 rings (SSSR count). The second-order valence-electron chi connectivity index (χ2n) is 10.0. The average Bonchev–Trinajstić information content (AvgIpc) is 2.99. The molecule has 0 saturated carbocycles. The van der Waals surface area contributed by atoms with Crippen molar-refractivity contribution in [2.24, 2.45) is 5.10 Å². The van der Waals surface area contributed by atoms with Crippen LogP contribution < -0.4 is 30.3 Å². The van der Waals surface area contributed by atoms with Crippen LogP contribution in [0.1, 0.15) is 42.1 Å². The van der Waals surface area contributed by atoms with Crippen molar-refractivity contribution in [2.75, 3.05) is 20.3 Å². The SMILES string of the molecule is CCOc1cc([C@H]2NC(=O)NC(C)=C2C(=O)OC)ccc1OC[C@H](O)N/N=C\c1cc(Br)c(OCc2cccc(C)c2)c(Br)c1. The van der Waals surface area contributed by atoms with Crippen LogP contribution in [-0.2, 0) is 16.1 Å². The molecule has 4 N–H and O–H groups in total. The first kappa shape index (κ1) is 33.8. The molecule has 2 amide bonds. The van der Waals surface area contributed by atoms with Gasteiger partial charge in [0.25, 0.3) is 0 Å². The number of hydrogen-bond acceptors (Lipinski definition) is 9. The van der Waals surface area contributed by atoms with Crippen molar-refractivity contribution in [3.05, 3.63) is 97.1 Å². The van der Waals surface area contributed by atoms with Crippen LogP contribution in [-0.4, -0.2) is 49.9 Å². The van der Waals surface area contributed by atoms with E-state index in [4.69, 9.17) is 18.9 Å². The van der Waals surface area contributed by atoms with Gasteiger partial charge in [0.15, 0.2) is 17.7 Å². The molecule has 45 heavy (non-hydrogen) atoms. The van der Waals surface area contributed by atoms with Gasteiger partial charge in [-0.2, -0.15) is 5.10 Å². The van der Waals surface area contributed by atoms with Crippen LogP contribution in [0, 0.1) is 6.92 Å². The normalized spacial score (nSPS) is 15.3. The number of halogens is 2. The summed E-state index contributed by atoms with van der Waals surface area (Å²) in [6, 6.07) is 15.7. The van der Waals surface area contributed by atoms with Crippen molar-refractivity contribution in [1.82, 2.24) is 16.1 Å². The lowest BCUT2D eigenvalue weighted by Crippen LogP contribution is -2.45. The molecule has 0 saturated heterocycles. The maximum atomic E-state index is 12.4. The lowest BCUT2D eigenvalue weighted by molar-refractivity contribution is -0.136. The Morgan fingerprint density at radius 2 is 1.82 bits per heavy atom. The van der Waals surface area contributed by atoms with E-state index in [1.807, 2.05) is 44.2 Å². The summed E-state index contributed by atoms with van der Waals surface area (Å²) in [5, 5.41) is 19.9. The van der Waals surface area contributed by atoms with Gasteiger partial charge in [-0.1, -0.05) is 35.9 Å². The van der Waals surface area contributed by atoms with E-state index in [1.165, 1.54) is 12.7 Å². The average molecular weight is 746 g/mol. The van der Waals surface area contributed by atoms with Gasteiger partial charge in [-0.15, -0.1) is 0 Å². The van der Waals surface area contributed by atoms with Crippen molar-refractivity contribution in [2.45, 2.75) is 39.6 Å². The summed E-state index contributed by atoms with van der Waals surface area (Å²) >= 11 is 7.12. The van der Waals surface area contributed by atoms with Gasteiger partial charge in [-0.3, -0.25) is 5.43 Å². The third kappa shape index (κ3) is 8.99. The zero-order valence-corrected chi connectivity index (χ0v) is 28.3. The van der Waals surface area contributed by atoms with Crippen LogP contribution in [0.15, 0.2) is 79.9 Å². The van der Waals surface area contributed by atoms with E-state index >= 15 is 0 Å². The summed E-state index contributed by atoms with van der Waals surface area (Å²) in [5.41, 5.74) is 6.89. The summed E-state index contributed by atoms with van der Waals surface area (Å²) in [6.07, 6.45) is 0.421. The van der Waals surface area contributed by atoms with Crippen molar-refractivity contribution in [3.63, 3.8) is 0 Å². The maximum Gasteiger partial charge on any atom is 0.337 e. The zero-order valence-electron chi connectivity index (χ0n) is 25.1. The number of methoxy groups -OCH3 is 1. The lowest BCUT2D eigenvalue weighted by atomic mass is 9.95. The van der Waals surface area contributed by atoms with Crippen LogP contribution in [0.4, 0.5) is 4.79 Å². The molecule has 1 aliphatic heterocycles. The van der Waals surface area contributed by atoms with Crippen molar-refractivity contribution < 1.29 is 33.6 Å². The van der Waals surface area contributed by atoms with Gasteiger partial charge in [0.1, 0.15) is 19.0 Å². The van der Waals surface area contributed by atoms with E-state index in [0.29, 0.717) is 41.7 Å². The first-order valence-corrected chi connectivity index (χ1v) is 15.6. The lowest BCUT2D eigenvalue weighted by Gasteiger charge is -2.28. The highest BCUT2D eigenvalue weighted by Crippen LogP contribution is 2.36. The highest BCUT2D eigenvalue weighted by molar-refractivity contribution is 9.11. The molecule has 0 radical (unpaired) electrons. The number of esters is 1. The fourth-order valence-electron chi connectivity index (χ4n) is 4.57. The van der Waals surface area contributed by atoms with Crippen LogP contribution >= 0.6 is 31.9 Å². The van der Waals surface area contributed by atoms with Crippen LogP contribution in [0.25, 0.3) is 0 Å². The molecule has 3 aromatic carbocycles. The van der Waals surface area contributed by atoms with E-state index in [-0.39, 0.29) is 12.2 Å². The Bertz CT molecular complexity index is 1590. The minimum atomic E-state index is -1.14. The number of hydrogen-bond donors (Lipinski definition) is 4. The minimum Gasteiger partial charge on any atom is -0.490 e. The molecule has 0 aromatic heterocycles. The number of aliphatic hydroxyl groups excluding tert-OH is 1. The van der Waals surface area contributed by atoms with Crippen LogP contribution in [0.3, 0.4) is 0 Å². The van der Waals surface area contributed by atoms with Crippen molar-refractivity contribution >= 4 is 50.1 Å². The highest BCUT2D eigenvalue weighted by atomic mass is 79.9. The number of hydrazone groups is 1. The first-order chi connectivity index (χ1) is 21.6. The monoisotopic (exact) mass is 744 g/mol. The van der Waals surface area contributed by atoms with Gasteiger partial charge >= 0.3 is 12.0 Å². The number of amides is 2. The maximum absolute atomic E-state index is 12.4. The van der Waals surface area contributed by atoms with Gasteiger partial charge < -0.3 is 34.7 Å². The van der Waals surface area contributed by atoms with E-state index in [9.17, 15) is 14.7 Å². The second-order valence-corrected chi connectivity index (χ2v) is 11.7. The number of aryl methyl sites for hydroxylation is 1. The second kappa shape index (κ2) is 15.8. The number of ether oxygens (including phenoxy) is 4. The molecule has 0 fully saturated rings. The molecule has 13 heteroatoms. The number of nitrogens with one attached hydrogen (secondary N) is 3. The quantitative estimate of drug-likeness (QED) is 0.0766. The molecule has 11 nitrogen and oxygen atoms in total. The fourth-order valence-corrected chi connectivity index (χ4v) is 6.02. The molecular weight excluding hydrogens is 712 g/mol. The van der Waals surface area contributed by atoms with E-state index in [1.54, 1.807) is 31.3 Å². The number of carbonyl (C=O) groups is 2. The molecule has 2 atom stereocenters. The molecule has 0 aliphatic carbocycles. The Labute approximate surface area is 278 Å². The van der Waals surface area contributed by atoms with Crippen LogP contribution in [0.5, 0.6) is 17.2 Å². The van der Waals surface area contributed by atoms with Gasteiger partial charge in [0.05, 0.1) is 40.5 Å². The molecule has 238 valence electrons. The molecule has 0 spiro atoms. The Morgan fingerprint density at radius 1 is 1.07 bits per heavy atom. The number of nitrogens with zero attached hydrogens (tertiary/aromatic N) is 1. The number of aliphatic hydroxyl groups is 1. The summed E-state index contributed by atoms with van der Waals surface area (Å²) < 4.78 is 24.0. The van der Waals surface area contributed by atoms with E-state index < -0.39 is 24.3 Å². The number of carbonyl (C=O) groups excluding carboxylic acids is 2. The molecule has 0 unspecified atom stereocenters.